The fourth-order valence-electron chi connectivity index (χ4n) is 2.94. The largest absolute Gasteiger partial charge is 0.326 e. The second-order valence-corrected chi connectivity index (χ2v) is 8.34. The number of hydrogen-bond donors (Lipinski definition) is 2. The quantitative estimate of drug-likeness (QED) is 0.650. The molecule has 2 aromatic carbocycles. The number of benzene rings is 2. The molecule has 0 bridgehead atoms. The van der Waals surface area contributed by atoms with Crippen molar-refractivity contribution >= 4 is 35.0 Å². The van der Waals surface area contributed by atoms with Crippen molar-refractivity contribution in [3.05, 3.63) is 53.6 Å². The van der Waals surface area contributed by atoms with Crippen LogP contribution in [0, 0.1) is 19.8 Å². The number of rotatable bonds is 7. The van der Waals surface area contributed by atoms with Crippen molar-refractivity contribution in [2.24, 2.45) is 5.92 Å². The zero-order chi connectivity index (χ0) is 19.4. The van der Waals surface area contributed by atoms with Crippen molar-refractivity contribution in [3.63, 3.8) is 0 Å². The lowest BCUT2D eigenvalue weighted by atomic mass is 10.1. The Labute approximate surface area is 165 Å². The van der Waals surface area contributed by atoms with Crippen molar-refractivity contribution in [1.29, 1.82) is 0 Å². The minimum absolute atomic E-state index is 0.00678. The third-order valence-electron chi connectivity index (χ3n) is 4.72. The normalized spacial score (nSPS) is 14.5. The van der Waals surface area contributed by atoms with Crippen molar-refractivity contribution in [2.45, 2.75) is 50.2 Å². The Kier molecular flexibility index (Phi) is 6.22. The lowest BCUT2D eigenvalue weighted by Gasteiger charge is -2.17. The third kappa shape index (κ3) is 5.13. The van der Waals surface area contributed by atoms with Crippen LogP contribution in [0.4, 0.5) is 11.4 Å². The molecule has 2 N–H and O–H groups in total. The summed E-state index contributed by atoms with van der Waals surface area (Å²) in [5, 5.41) is 5.86. The minimum Gasteiger partial charge on any atom is -0.326 e. The van der Waals surface area contributed by atoms with Crippen molar-refractivity contribution in [1.82, 2.24) is 0 Å². The lowest BCUT2D eigenvalue weighted by Crippen LogP contribution is -2.25. The van der Waals surface area contributed by atoms with E-state index in [4.69, 9.17) is 0 Å². The van der Waals surface area contributed by atoms with Crippen LogP contribution in [0.3, 0.4) is 0 Å². The molecule has 1 saturated carbocycles. The van der Waals surface area contributed by atoms with Gasteiger partial charge in [0.05, 0.1) is 5.25 Å². The van der Waals surface area contributed by atoms with E-state index in [2.05, 4.69) is 10.6 Å². The summed E-state index contributed by atoms with van der Waals surface area (Å²) in [4.78, 5) is 25.7. The zero-order valence-electron chi connectivity index (χ0n) is 16.0. The Hall–Kier alpha value is -2.27. The highest BCUT2D eigenvalue weighted by atomic mass is 32.2. The van der Waals surface area contributed by atoms with Crippen LogP contribution < -0.4 is 10.6 Å². The van der Waals surface area contributed by atoms with Crippen LogP contribution in [0.5, 0.6) is 0 Å². The maximum atomic E-state index is 12.8. The first kappa shape index (κ1) is 19.5. The smallest absolute Gasteiger partial charge is 0.237 e. The van der Waals surface area contributed by atoms with Gasteiger partial charge in [0.2, 0.25) is 11.8 Å². The van der Waals surface area contributed by atoms with Gasteiger partial charge in [0.15, 0.2) is 0 Å². The van der Waals surface area contributed by atoms with Gasteiger partial charge in [-0.05, 0) is 62.4 Å². The van der Waals surface area contributed by atoms with Gasteiger partial charge in [0.25, 0.3) is 0 Å². The van der Waals surface area contributed by atoms with Gasteiger partial charge in [-0.1, -0.05) is 31.2 Å². The number of anilines is 2. The lowest BCUT2D eigenvalue weighted by molar-refractivity contribution is -0.117. The molecule has 1 aliphatic carbocycles. The molecule has 2 amide bonds. The molecule has 5 heteroatoms. The average molecular weight is 383 g/mol. The molecule has 0 saturated heterocycles. The molecule has 0 aliphatic heterocycles. The SMILES string of the molecule is CCC(Sc1cccc(NC(=O)C2CC2)c1)C(=O)Nc1c(C)cccc1C. The average Bonchev–Trinajstić information content (AvgIpc) is 3.48. The summed E-state index contributed by atoms with van der Waals surface area (Å²) in [6.45, 7) is 6.02. The van der Waals surface area contributed by atoms with Gasteiger partial charge in [-0.2, -0.15) is 0 Å². The highest BCUT2D eigenvalue weighted by molar-refractivity contribution is 8.00. The van der Waals surface area contributed by atoms with Crippen LogP contribution in [0.1, 0.15) is 37.3 Å². The van der Waals surface area contributed by atoms with E-state index in [-0.39, 0.29) is 23.0 Å². The summed E-state index contributed by atoms with van der Waals surface area (Å²) >= 11 is 1.53. The van der Waals surface area contributed by atoms with Gasteiger partial charge in [-0.25, -0.2) is 0 Å². The topological polar surface area (TPSA) is 58.2 Å². The highest BCUT2D eigenvalue weighted by Gasteiger charge is 2.29. The summed E-state index contributed by atoms with van der Waals surface area (Å²) in [6, 6.07) is 13.7. The van der Waals surface area contributed by atoms with Gasteiger partial charge < -0.3 is 10.6 Å². The number of para-hydroxylation sites is 1. The van der Waals surface area contributed by atoms with Crippen molar-refractivity contribution < 1.29 is 9.59 Å². The van der Waals surface area contributed by atoms with Crippen LogP contribution in [-0.2, 0) is 9.59 Å². The Morgan fingerprint density at radius 1 is 1.07 bits per heavy atom. The molecule has 0 spiro atoms. The molecule has 0 heterocycles. The summed E-state index contributed by atoms with van der Waals surface area (Å²) in [7, 11) is 0. The number of amides is 2. The molecular formula is C22H26N2O2S. The summed E-state index contributed by atoms with van der Waals surface area (Å²) in [5.41, 5.74) is 3.81. The number of thioether (sulfide) groups is 1. The summed E-state index contributed by atoms with van der Waals surface area (Å²) in [6.07, 6.45) is 2.69. The first-order valence-electron chi connectivity index (χ1n) is 9.42. The Balaban J connectivity index is 1.67. The fraction of sp³-hybridized carbons (Fsp3) is 0.364. The maximum absolute atomic E-state index is 12.8. The Bertz CT molecular complexity index is 826. The van der Waals surface area contributed by atoms with E-state index >= 15 is 0 Å². The number of carbonyl (C=O) groups excluding carboxylic acids is 2. The second kappa shape index (κ2) is 8.61. The minimum atomic E-state index is -0.196. The van der Waals surface area contributed by atoms with E-state index in [1.54, 1.807) is 0 Å². The van der Waals surface area contributed by atoms with E-state index in [0.29, 0.717) is 0 Å². The Morgan fingerprint density at radius 3 is 2.37 bits per heavy atom. The van der Waals surface area contributed by atoms with E-state index in [9.17, 15) is 9.59 Å². The van der Waals surface area contributed by atoms with Crippen LogP contribution >= 0.6 is 11.8 Å². The molecule has 1 unspecified atom stereocenters. The highest BCUT2D eigenvalue weighted by Crippen LogP contribution is 2.32. The standard InChI is InChI=1S/C22H26N2O2S/c1-4-19(22(26)24-20-14(2)7-5-8-15(20)3)27-18-10-6-9-17(13-18)23-21(25)16-11-12-16/h5-10,13,16,19H,4,11-12H2,1-3H3,(H,23,25)(H,24,26). The van der Waals surface area contributed by atoms with Gasteiger partial charge in [0.1, 0.15) is 0 Å². The number of nitrogens with one attached hydrogen (secondary N) is 2. The zero-order valence-corrected chi connectivity index (χ0v) is 16.9. The monoisotopic (exact) mass is 382 g/mol. The molecule has 142 valence electrons. The molecule has 27 heavy (non-hydrogen) atoms. The third-order valence-corrected chi connectivity index (χ3v) is 6.08. The van der Waals surface area contributed by atoms with Crippen molar-refractivity contribution in [3.8, 4) is 0 Å². The predicted molar refractivity (Wildman–Crippen MR) is 112 cm³/mol. The molecule has 2 aromatic rings. The first-order valence-corrected chi connectivity index (χ1v) is 10.3. The molecule has 1 fully saturated rings. The molecule has 3 rings (SSSR count). The van der Waals surface area contributed by atoms with Crippen molar-refractivity contribution in [2.75, 3.05) is 10.6 Å². The van der Waals surface area contributed by atoms with Crippen LogP contribution in [-0.4, -0.2) is 17.1 Å². The molecule has 1 aliphatic rings. The van der Waals surface area contributed by atoms with Crippen LogP contribution in [0.25, 0.3) is 0 Å². The number of aryl methyl sites for hydroxylation is 2. The molecular weight excluding hydrogens is 356 g/mol. The molecule has 0 radical (unpaired) electrons. The van der Waals surface area contributed by atoms with Gasteiger partial charge in [0, 0.05) is 22.2 Å². The van der Waals surface area contributed by atoms with E-state index in [1.165, 1.54) is 11.8 Å². The number of hydrogen-bond acceptors (Lipinski definition) is 3. The van der Waals surface area contributed by atoms with Gasteiger partial charge >= 0.3 is 0 Å². The maximum Gasteiger partial charge on any atom is 0.237 e. The molecule has 4 nitrogen and oxygen atoms in total. The van der Waals surface area contributed by atoms with Gasteiger partial charge in [-0.15, -0.1) is 11.8 Å². The Morgan fingerprint density at radius 2 is 1.74 bits per heavy atom. The van der Waals surface area contributed by atoms with E-state index < -0.39 is 0 Å². The van der Waals surface area contributed by atoms with Crippen LogP contribution in [0.15, 0.2) is 47.4 Å². The first-order chi connectivity index (χ1) is 13.0. The van der Waals surface area contributed by atoms with E-state index in [0.717, 1.165) is 46.7 Å². The summed E-state index contributed by atoms with van der Waals surface area (Å²) < 4.78 is 0. The summed E-state index contributed by atoms with van der Waals surface area (Å²) in [5.74, 6) is 0.275. The van der Waals surface area contributed by atoms with Crippen LogP contribution in [0.2, 0.25) is 0 Å². The predicted octanol–water partition coefficient (Wildman–Crippen LogP) is 5.16. The van der Waals surface area contributed by atoms with Gasteiger partial charge in [-0.3, -0.25) is 9.59 Å². The number of carbonyl (C=O) groups is 2. The molecule has 1 atom stereocenters. The van der Waals surface area contributed by atoms with E-state index in [1.807, 2.05) is 63.2 Å². The second-order valence-electron chi connectivity index (χ2n) is 7.06. The fourth-order valence-corrected chi connectivity index (χ4v) is 3.95. The molecule has 0 aromatic heterocycles.